The van der Waals surface area contributed by atoms with Gasteiger partial charge in [0.05, 0.1) is 6.04 Å². The van der Waals surface area contributed by atoms with Crippen LogP contribution in [0.1, 0.15) is 58.9 Å². The van der Waals surface area contributed by atoms with Crippen molar-refractivity contribution in [3.63, 3.8) is 0 Å². The van der Waals surface area contributed by atoms with Gasteiger partial charge in [0.25, 0.3) is 0 Å². The highest BCUT2D eigenvalue weighted by molar-refractivity contribution is 5.94. The number of hydrogen-bond acceptors (Lipinski definition) is 6. The Morgan fingerprint density at radius 3 is 1.97 bits per heavy atom. The molecule has 5 unspecified atom stereocenters. The summed E-state index contributed by atoms with van der Waals surface area (Å²) in [5.41, 5.74) is 12.1. The molecule has 0 heterocycles. The Balaban J connectivity index is 3.01. The number of aliphatic carboxylic acids is 1. The summed E-state index contributed by atoms with van der Waals surface area (Å²) in [7, 11) is 0. The van der Waals surface area contributed by atoms with Gasteiger partial charge in [-0.15, -0.1) is 0 Å². The molecule has 0 aromatic heterocycles. The maximum absolute atomic E-state index is 13.2. The molecular formula is C26H41N5O6. The van der Waals surface area contributed by atoms with Gasteiger partial charge >= 0.3 is 5.97 Å². The third kappa shape index (κ3) is 11.4. The zero-order valence-corrected chi connectivity index (χ0v) is 22.0. The Labute approximate surface area is 218 Å². The number of benzene rings is 1. The summed E-state index contributed by atoms with van der Waals surface area (Å²) < 4.78 is 0. The fourth-order valence-corrected chi connectivity index (χ4v) is 3.71. The van der Waals surface area contributed by atoms with E-state index in [0.717, 1.165) is 5.56 Å². The average Bonchev–Trinajstić information content (AvgIpc) is 2.83. The Morgan fingerprint density at radius 2 is 1.46 bits per heavy atom. The van der Waals surface area contributed by atoms with Crippen molar-refractivity contribution >= 4 is 29.6 Å². The van der Waals surface area contributed by atoms with Gasteiger partial charge in [0, 0.05) is 6.42 Å². The molecule has 206 valence electrons. The molecule has 1 aromatic carbocycles. The van der Waals surface area contributed by atoms with Crippen LogP contribution in [0.2, 0.25) is 0 Å². The molecule has 1 aromatic rings. The predicted octanol–water partition coefficient (Wildman–Crippen LogP) is 0.453. The van der Waals surface area contributed by atoms with Crippen LogP contribution in [0.25, 0.3) is 0 Å². The van der Waals surface area contributed by atoms with Crippen molar-refractivity contribution in [1.29, 1.82) is 0 Å². The van der Waals surface area contributed by atoms with Gasteiger partial charge in [0.2, 0.25) is 23.6 Å². The second kappa shape index (κ2) is 15.6. The van der Waals surface area contributed by atoms with Gasteiger partial charge in [-0.2, -0.15) is 0 Å². The Hall–Kier alpha value is -3.47. The fraction of sp³-hybridized carbons (Fsp3) is 0.577. The highest BCUT2D eigenvalue weighted by Gasteiger charge is 2.32. The molecule has 5 atom stereocenters. The number of carbonyl (C=O) groups excluding carboxylic acids is 4. The molecule has 11 nitrogen and oxygen atoms in total. The summed E-state index contributed by atoms with van der Waals surface area (Å²) in [6.45, 7) is 7.23. The number of hydrogen-bond donors (Lipinski definition) is 6. The van der Waals surface area contributed by atoms with Crippen molar-refractivity contribution in [2.24, 2.45) is 23.3 Å². The van der Waals surface area contributed by atoms with Crippen LogP contribution in [-0.2, 0) is 30.4 Å². The Kier molecular flexibility index (Phi) is 13.3. The van der Waals surface area contributed by atoms with Gasteiger partial charge in [0.15, 0.2) is 0 Å². The van der Waals surface area contributed by atoms with Crippen LogP contribution in [0.15, 0.2) is 30.3 Å². The number of carboxylic acid groups (broad SMARTS) is 1. The molecule has 0 saturated heterocycles. The molecule has 11 heteroatoms. The molecule has 0 aliphatic heterocycles. The third-order valence-electron chi connectivity index (χ3n) is 6.06. The van der Waals surface area contributed by atoms with E-state index in [-0.39, 0.29) is 37.5 Å². The number of carboxylic acids is 1. The van der Waals surface area contributed by atoms with Crippen LogP contribution in [0, 0.1) is 11.8 Å². The van der Waals surface area contributed by atoms with Gasteiger partial charge in [-0.25, -0.2) is 4.79 Å². The van der Waals surface area contributed by atoms with E-state index in [0.29, 0.717) is 6.42 Å². The number of nitrogens with two attached hydrogens (primary N) is 2. The number of nitrogens with one attached hydrogen (secondary N) is 3. The minimum absolute atomic E-state index is 0.0131. The SMILES string of the molecule is CCC(C)C(NC(=O)C(CC(C)C)NC(=O)C(CCC(N)=O)NC(=O)C(N)Cc1ccccc1)C(=O)O. The summed E-state index contributed by atoms with van der Waals surface area (Å²) in [4.78, 5) is 62.0. The molecular weight excluding hydrogens is 478 g/mol. The van der Waals surface area contributed by atoms with Crippen molar-refractivity contribution in [3.05, 3.63) is 35.9 Å². The highest BCUT2D eigenvalue weighted by atomic mass is 16.4. The summed E-state index contributed by atoms with van der Waals surface area (Å²) in [6, 6.07) is 4.83. The molecule has 0 radical (unpaired) electrons. The van der Waals surface area contributed by atoms with Crippen molar-refractivity contribution in [2.75, 3.05) is 0 Å². The zero-order chi connectivity index (χ0) is 28.1. The van der Waals surface area contributed by atoms with E-state index in [2.05, 4.69) is 16.0 Å². The van der Waals surface area contributed by atoms with Crippen LogP contribution in [0.4, 0.5) is 0 Å². The summed E-state index contributed by atoms with van der Waals surface area (Å²) in [6.07, 6.45) is 0.729. The largest absolute Gasteiger partial charge is 0.480 e. The highest BCUT2D eigenvalue weighted by Crippen LogP contribution is 2.11. The molecule has 0 spiro atoms. The van der Waals surface area contributed by atoms with Gasteiger partial charge in [-0.1, -0.05) is 64.4 Å². The lowest BCUT2D eigenvalue weighted by molar-refractivity contribution is -0.144. The van der Waals surface area contributed by atoms with Crippen LogP contribution in [0.3, 0.4) is 0 Å². The van der Waals surface area contributed by atoms with Gasteiger partial charge < -0.3 is 32.5 Å². The van der Waals surface area contributed by atoms with Crippen molar-refractivity contribution < 1.29 is 29.1 Å². The van der Waals surface area contributed by atoms with Crippen LogP contribution in [0.5, 0.6) is 0 Å². The smallest absolute Gasteiger partial charge is 0.326 e. The minimum Gasteiger partial charge on any atom is -0.480 e. The third-order valence-corrected chi connectivity index (χ3v) is 6.06. The van der Waals surface area contributed by atoms with E-state index in [1.165, 1.54) is 0 Å². The average molecular weight is 520 g/mol. The van der Waals surface area contributed by atoms with Gasteiger partial charge in [0.1, 0.15) is 18.1 Å². The predicted molar refractivity (Wildman–Crippen MR) is 139 cm³/mol. The number of carbonyl (C=O) groups is 5. The molecule has 0 fully saturated rings. The summed E-state index contributed by atoms with van der Waals surface area (Å²) >= 11 is 0. The molecule has 0 aliphatic rings. The molecule has 37 heavy (non-hydrogen) atoms. The first-order valence-electron chi connectivity index (χ1n) is 12.6. The topological polar surface area (TPSA) is 194 Å². The second-order valence-electron chi connectivity index (χ2n) is 9.76. The van der Waals surface area contributed by atoms with Crippen LogP contribution >= 0.6 is 0 Å². The summed E-state index contributed by atoms with van der Waals surface area (Å²) in [5.74, 6) is -4.10. The monoisotopic (exact) mass is 519 g/mol. The van der Waals surface area contributed by atoms with E-state index in [1.807, 2.05) is 51.1 Å². The first-order chi connectivity index (χ1) is 17.3. The van der Waals surface area contributed by atoms with E-state index in [4.69, 9.17) is 11.5 Å². The first kappa shape index (κ1) is 31.6. The fourth-order valence-electron chi connectivity index (χ4n) is 3.71. The van der Waals surface area contributed by atoms with E-state index in [1.54, 1.807) is 6.92 Å². The lowest BCUT2D eigenvalue weighted by atomic mass is 9.97. The molecule has 4 amide bonds. The van der Waals surface area contributed by atoms with E-state index >= 15 is 0 Å². The Morgan fingerprint density at radius 1 is 0.892 bits per heavy atom. The number of primary amides is 1. The zero-order valence-electron chi connectivity index (χ0n) is 22.0. The van der Waals surface area contributed by atoms with Crippen LogP contribution < -0.4 is 27.4 Å². The minimum atomic E-state index is -1.17. The number of amides is 4. The van der Waals surface area contributed by atoms with Crippen molar-refractivity contribution in [1.82, 2.24) is 16.0 Å². The molecule has 0 saturated carbocycles. The quantitative estimate of drug-likeness (QED) is 0.182. The van der Waals surface area contributed by atoms with Gasteiger partial charge in [-0.3, -0.25) is 19.2 Å². The van der Waals surface area contributed by atoms with Gasteiger partial charge in [-0.05, 0) is 36.7 Å². The van der Waals surface area contributed by atoms with Crippen LogP contribution in [-0.4, -0.2) is 58.9 Å². The maximum Gasteiger partial charge on any atom is 0.326 e. The molecule has 1 rings (SSSR count). The molecule has 8 N–H and O–H groups in total. The second-order valence-corrected chi connectivity index (χ2v) is 9.76. The summed E-state index contributed by atoms with van der Waals surface area (Å²) in [5, 5.41) is 17.2. The van der Waals surface area contributed by atoms with E-state index in [9.17, 15) is 29.1 Å². The Bertz CT molecular complexity index is 923. The van der Waals surface area contributed by atoms with Crippen molar-refractivity contribution in [2.45, 2.75) is 84.0 Å². The normalized spacial score (nSPS) is 15.1. The lowest BCUT2D eigenvalue weighted by Crippen LogP contribution is -2.58. The first-order valence-corrected chi connectivity index (χ1v) is 12.6. The maximum atomic E-state index is 13.2. The van der Waals surface area contributed by atoms with Crippen molar-refractivity contribution in [3.8, 4) is 0 Å². The number of rotatable bonds is 16. The lowest BCUT2D eigenvalue weighted by Gasteiger charge is -2.27. The molecule has 0 bridgehead atoms. The van der Waals surface area contributed by atoms with E-state index < -0.39 is 53.8 Å². The standard InChI is InChI=1S/C26H41N5O6/c1-5-16(4)22(26(36)37)31-25(35)20(13-15(2)3)30-24(34)19(11-12-21(28)32)29-23(33)18(27)14-17-9-7-6-8-10-17/h6-10,15-16,18-20,22H,5,11-14,27H2,1-4H3,(H2,28,32)(H,29,33)(H,30,34)(H,31,35)(H,36,37). The molecule has 0 aliphatic carbocycles.